The van der Waals surface area contributed by atoms with Crippen LogP contribution in [0.5, 0.6) is 0 Å². The van der Waals surface area contributed by atoms with E-state index in [1.54, 1.807) is 0 Å². The van der Waals surface area contributed by atoms with Crippen LogP contribution in [-0.4, -0.2) is 61.4 Å². The highest BCUT2D eigenvalue weighted by molar-refractivity contribution is 4.93. The molecule has 0 aromatic rings. The zero-order valence-corrected chi connectivity index (χ0v) is 15.1. The summed E-state index contributed by atoms with van der Waals surface area (Å²) in [5.41, 5.74) is -0.196. The Labute approximate surface area is 149 Å². The molecule has 4 rings (SSSR count). The van der Waals surface area contributed by atoms with Crippen molar-refractivity contribution in [2.24, 2.45) is 17.3 Å². The van der Waals surface area contributed by atoms with E-state index in [0.29, 0.717) is 38.3 Å². The highest BCUT2D eigenvalue weighted by atomic mass is 16.7. The molecule has 144 valence electrons. The van der Waals surface area contributed by atoms with Gasteiger partial charge in [0.25, 0.3) is 0 Å². The van der Waals surface area contributed by atoms with Crippen molar-refractivity contribution < 1.29 is 29.2 Å². The van der Waals surface area contributed by atoms with Crippen molar-refractivity contribution in [2.45, 2.75) is 62.9 Å². The van der Waals surface area contributed by atoms with Gasteiger partial charge < -0.3 is 29.2 Å². The van der Waals surface area contributed by atoms with E-state index in [-0.39, 0.29) is 18.6 Å². The van der Waals surface area contributed by atoms with Crippen LogP contribution in [-0.2, 0) is 18.9 Å². The molecule has 0 amide bonds. The van der Waals surface area contributed by atoms with Crippen molar-refractivity contribution in [1.82, 2.24) is 0 Å². The van der Waals surface area contributed by atoms with Crippen LogP contribution in [0.2, 0.25) is 0 Å². The van der Waals surface area contributed by atoms with Crippen molar-refractivity contribution in [3.05, 3.63) is 0 Å². The van der Waals surface area contributed by atoms with Gasteiger partial charge in [0.1, 0.15) is 0 Å². The van der Waals surface area contributed by atoms with Gasteiger partial charge in [-0.05, 0) is 37.5 Å². The molecule has 4 fully saturated rings. The van der Waals surface area contributed by atoms with Crippen LogP contribution >= 0.6 is 0 Å². The standard InChI is InChI=1S/C19H32O6/c20-9-15-1-5-18(6-2-15)22-11-17(12-23-18)13-24-19(25-14-17)7-3-16(10-21)4-8-19/h15-16,20-21H,1-14H2. The molecule has 2 N–H and O–H groups in total. The Kier molecular flexibility index (Phi) is 5.12. The van der Waals surface area contributed by atoms with E-state index < -0.39 is 11.6 Å². The van der Waals surface area contributed by atoms with Gasteiger partial charge in [0.2, 0.25) is 0 Å². The molecule has 6 heteroatoms. The summed E-state index contributed by atoms with van der Waals surface area (Å²) in [5, 5.41) is 18.6. The molecule has 2 aliphatic carbocycles. The first-order valence-corrected chi connectivity index (χ1v) is 9.88. The summed E-state index contributed by atoms with van der Waals surface area (Å²) in [5.74, 6) is -0.121. The molecule has 0 aromatic carbocycles. The lowest BCUT2D eigenvalue weighted by Gasteiger charge is -2.53. The minimum absolute atomic E-state index is 0.196. The molecule has 0 atom stereocenters. The number of rotatable bonds is 2. The lowest BCUT2D eigenvalue weighted by atomic mass is 9.81. The van der Waals surface area contributed by atoms with Gasteiger partial charge in [-0.1, -0.05) is 0 Å². The Hall–Kier alpha value is -0.240. The smallest absolute Gasteiger partial charge is 0.168 e. The quantitative estimate of drug-likeness (QED) is 0.786. The number of hydrogen-bond acceptors (Lipinski definition) is 6. The molecular weight excluding hydrogens is 324 g/mol. The van der Waals surface area contributed by atoms with E-state index in [2.05, 4.69) is 0 Å². The summed E-state index contributed by atoms with van der Waals surface area (Å²) in [6.45, 7) is 3.00. The van der Waals surface area contributed by atoms with E-state index in [4.69, 9.17) is 18.9 Å². The summed E-state index contributed by atoms with van der Waals surface area (Å²) in [4.78, 5) is 0. The summed E-state index contributed by atoms with van der Waals surface area (Å²) in [6.07, 6.45) is 7.31. The molecule has 0 aromatic heterocycles. The average Bonchev–Trinajstić information content (AvgIpc) is 2.68. The van der Waals surface area contributed by atoms with Gasteiger partial charge in [-0.2, -0.15) is 0 Å². The first-order chi connectivity index (χ1) is 12.1. The fourth-order valence-corrected chi connectivity index (χ4v) is 4.65. The average molecular weight is 356 g/mol. The van der Waals surface area contributed by atoms with E-state index in [9.17, 15) is 10.2 Å². The Bertz CT molecular complexity index is 385. The zero-order chi connectivity index (χ0) is 17.4. The van der Waals surface area contributed by atoms with Gasteiger partial charge >= 0.3 is 0 Å². The largest absolute Gasteiger partial charge is 0.396 e. The van der Waals surface area contributed by atoms with Gasteiger partial charge in [0.15, 0.2) is 11.6 Å². The summed E-state index contributed by atoms with van der Waals surface area (Å²) >= 11 is 0. The first kappa shape index (κ1) is 18.1. The minimum Gasteiger partial charge on any atom is -0.396 e. The Morgan fingerprint density at radius 3 is 1.20 bits per heavy atom. The fourth-order valence-electron chi connectivity index (χ4n) is 4.65. The molecule has 0 unspecified atom stereocenters. The van der Waals surface area contributed by atoms with Crippen molar-refractivity contribution in [3.63, 3.8) is 0 Å². The normalized spacial score (nSPS) is 48.2. The van der Waals surface area contributed by atoms with Crippen LogP contribution < -0.4 is 0 Å². The second kappa shape index (κ2) is 7.06. The molecular formula is C19H32O6. The summed E-state index contributed by atoms with van der Waals surface area (Å²) in [6, 6.07) is 0. The Morgan fingerprint density at radius 2 is 0.920 bits per heavy atom. The Balaban J connectivity index is 1.29. The Morgan fingerprint density at radius 1 is 0.600 bits per heavy atom. The predicted octanol–water partition coefficient (Wildman–Crippen LogP) is 1.82. The maximum atomic E-state index is 9.30. The van der Waals surface area contributed by atoms with Gasteiger partial charge in [0.05, 0.1) is 31.8 Å². The topological polar surface area (TPSA) is 77.4 Å². The van der Waals surface area contributed by atoms with Crippen LogP contribution in [0.25, 0.3) is 0 Å². The third-order valence-corrected chi connectivity index (χ3v) is 6.82. The molecule has 25 heavy (non-hydrogen) atoms. The van der Waals surface area contributed by atoms with Crippen molar-refractivity contribution in [2.75, 3.05) is 39.6 Å². The summed E-state index contributed by atoms with van der Waals surface area (Å²) in [7, 11) is 0. The molecule has 2 saturated heterocycles. The first-order valence-electron chi connectivity index (χ1n) is 9.88. The number of aliphatic hydroxyl groups excluding tert-OH is 2. The number of aliphatic hydroxyl groups is 2. The molecule has 6 nitrogen and oxygen atoms in total. The van der Waals surface area contributed by atoms with Crippen LogP contribution in [0, 0.1) is 17.3 Å². The van der Waals surface area contributed by atoms with Crippen LogP contribution in [0.3, 0.4) is 0 Å². The van der Waals surface area contributed by atoms with Crippen LogP contribution in [0.4, 0.5) is 0 Å². The lowest BCUT2D eigenvalue weighted by Crippen LogP contribution is -2.60. The van der Waals surface area contributed by atoms with Gasteiger partial charge in [-0.3, -0.25) is 0 Å². The van der Waals surface area contributed by atoms with Gasteiger partial charge in [0, 0.05) is 38.9 Å². The van der Waals surface area contributed by atoms with Crippen molar-refractivity contribution in [1.29, 1.82) is 0 Å². The maximum absolute atomic E-state index is 9.30. The molecule has 0 bridgehead atoms. The molecule has 4 aliphatic rings. The van der Waals surface area contributed by atoms with E-state index >= 15 is 0 Å². The predicted molar refractivity (Wildman–Crippen MR) is 89.8 cm³/mol. The maximum Gasteiger partial charge on any atom is 0.168 e. The zero-order valence-electron chi connectivity index (χ0n) is 15.1. The van der Waals surface area contributed by atoms with Gasteiger partial charge in [-0.15, -0.1) is 0 Å². The third-order valence-electron chi connectivity index (χ3n) is 6.82. The third kappa shape index (κ3) is 3.62. The fraction of sp³-hybridized carbons (Fsp3) is 1.00. The van der Waals surface area contributed by atoms with Crippen LogP contribution in [0.1, 0.15) is 51.4 Å². The van der Waals surface area contributed by atoms with E-state index in [1.165, 1.54) is 0 Å². The second-order valence-electron chi connectivity index (χ2n) is 8.73. The van der Waals surface area contributed by atoms with E-state index in [1.807, 2.05) is 0 Å². The number of ether oxygens (including phenoxy) is 4. The molecule has 0 radical (unpaired) electrons. The SMILES string of the molecule is OCC1CCC2(CC1)OCC1(CO2)COC2(CCC(CO)CC2)OC1. The number of hydrogen-bond donors (Lipinski definition) is 2. The van der Waals surface area contributed by atoms with E-state index in [0.717, 1.165) is 51.4 Å². The molecule has 2 heterocycles. The summed E-state index contributed by atoms with van der Waals surface area (Å²) < 4.78 is 24.8. The van der Waals surface area contributed by atoms with Crippen molar-refractivity contribution in [3.8, 4) is 0 Å². The highest BCUT2D eigenvalue weighted by Gasteiger charge is 2.52. The monoisotopic (exact) mass is 356 g/mol. The second-order valence-corrected chi connectivity index (χ2v) is 8.73. The molecule has 3 spiro atoms. The molecule has 2 saturated carbocycles. The van der Waals surface area contributed by atoms with Gasteiger partial charge in [-0.25, -0.2) is 0 Å². The molecule has 2 aliphatic heterocycles. The van der Waals surface area contributed by atoms with Crippen molar-refractivity contribution >= 4 is 0 Å². The minimum atomic E-state index is -0.453. The van der Waals surface area contributed by atoms with Crippen LogP contribution in [0.15, 0.2) is 0 Å². The highest BCUT2D eigenvalue weighted by Crippen LogP contribution is 2.46. The lowest BCUT2D eigenvalue weighted by molar-refractivity contribution is -0.378.